The number of carbonyl (C=O) groups is 1. The number of amides is 1. The van der Waals surface area contributed by atoms with Crippen molar-refractivity contribution in [2.45, 2.75) is 25.8 Å². The van der Waals surface area contributed by atoms with Crippen LogP contribution in [0.2, 0.25) is 0 Å². The first kappa shape index (κ1) is 16.5. The summed E-state index contributed by atoms with van der Waals surface area (Å²) >= 11 is 0. The third-order valence-electron chi connectivity index (χ3n) is 3.03. The predicted octanol–water partition coefficient (Wildman–Crippen LogP) is 1.79. The second kappa shape index (κ2) is 6.76. The number of hydrogen-bond donors (Lipinski definition) is 2. The van der Waals surface area contributed by atoms with Gasteiger partial charge in [0, 0.05) is 13.7 Å². The van der Waals surface area contributed by atoms with Crippen LogP contribution in [0.15, 0.2) is 12.1 Å². The number of aryl methyl sites for hydroxylation is 1. The van der Waals surface area contributed by atoms with Gasteiger partial charge in [0.25, 0.3) is 5.91 Å². The van der Waals surface area contributed by atoms with Crippen molar-refractivity contribution in [3.63, 3.8) is 0 Å². The minimum Gasteiger partial charge on any atom is -0.396 e. The molecule has 0 heterocycles. The van der Waals surface area contributed by atoms with E-state index in [-0.39, 0.29) is 30.8 Å². The van der Waals surface area contributed by atoms with Crippen molar-refractivity contribution in [2.24, 2.45) is 0 Å². The van der Waals surface area contributed by atoms with Crippen LogP contribution in [0.1, 0.15) is 29.3 Å². The van der Waals surface area contributed by atoms with E-state index in [1.165, 1.54) is 14.0 Å². The van der Waals surface area contributed by atoms with E-state index in [4.69, 9.17) is 9.84 Å². The number of methoxy groups -OCH3 is 1. The van der Waals surface area contributed by atoms with Gasteiger partial charge in [-0.25, -0.2) is 8.78 Å². The highest BCUT2D eigenvalue weighted by Crippen LogP contribution is 2.16. The Balaban J connectivity index is 2.97. The number of nitrogens with one attached hydrogen (secondary N) is 1. The first-order valence-corrected chi connectivity index (χ1v) is 6.21. The second-order valence-electron chi connectivity index (χ2n) is 5.00. The Labute approximate surface area is 116 Å². The molecule has 0 bridgehead atoms. The van der Waals surface area contributed by atoms with Gasteiger partial charge in [0.15, 0.2) is 0 Å². The number of ether oxygens (including phenoxy) is 1. The lowest BCUT2D eigenvalue weighted by Gasteiger charge is -2.29. The molecule has 0 saturated heterocycles. The molecule has 0 saturated carbocycles. The standard InChI is InChI=1S/C14H19F2NO3/c1-9-6-12(16)10(7-11(9)15)13(19)17-14(2,4-5-18)8-20-3/h6-7,18H,4-5,8H2,1-3H3,(H,17,19). The monoisotopic (exact) mass is 287 g/mol. The molecule has 0 spiro atoms. The number of rotatable bonds is 6. The molecule has 1 amide bonds. The van der Waals surface area contributed by atoms with Crippen LogP contribution in [0.3, 0.4) is 0 Å². The molecule has 1 aromatic rings. The van der Waals surface area contributed by atoms with Crippen LogP contribution in [-0.2, 0) is 4.74 Å². The first-order valence-electron chi connectivity index (χ1n) is 6.21. The van der Waals surface area contributed by atoms with Gasteiger partial charge in [0.1, 0.15) is 11.6 Å². The number of aliphatic hydroxyl groups is 1. The lowest BCUT2D eigenvalue weighted by Crippen LogP contribution is -2.50. The van der Waals surface area contributed by atoms with Gasteiger partial charge in [0.2, 0.25) is 0 Å². The fraction of sp³-hybridized carbons (Fsp3) is 0.500. The Morgan fingerprint density at radius 3 is 2.60 bits per heavy atom. The van der Waals surface area contributed by atoms with Gasteiger partial charge in [0.05, 0.1) is 17.7 Å². The third-order valence-corrected chi connectivity index (χ3v) is 3.03. The summed E-state index contributed by atoms with van der Waals surface area (Å²) in [6.45, 7) is 3.06. The zero-order valence-corrected chi connectivity index (χ0v) is 11.8. The summed E-state index contributed by atoms with van der Waals surface area (Å²) in [4.78, 5) is 12.0. The van der Waals surface area contributed by atoms with Crippen LogP contribution >= 0.6 is 0 Å². The average molecular weight is 287 g/mol. The van der Waals surface area contributed by atoms with Gasteiger partial charge in [-0.2, -0.15) is 0 Å². The zero-order chi connectivity index (χ0) is 15.3. The number of halogens is 2. The van der Waals surface area contributed by atoms with E-state index < -0.39 is 23.1 Å². The number of hydrogen-bond acceptors (Lipinski definition) is 3. The highest BCUT2D eigenvalue weighted by atomic mass is 19.1. The molecule has 0 radical (unpaired) electrons. The molecule has 0 aliphatic carbocycles. The van der Waals surface area contributed by atoms with Crippen molar-refractivity contribution >= 4 is 5.91 Å². The lowest BCUT2D eigenvalue weighted by molar-refractivity contribution is 0.0722. The van der Waals surface area contributed by atoms with Crippen LogP contribution in [0, 0.1) is 18.6 Å². The van der Waals surface area contributed by atoms with Gasteiger partial charge < -0.3 is 15.2 Å². The molecule has 6 heteroatoms. The largest absolute Gasteiger partial charge is 0.396 e. The highest BCUT2D eigenvalue weighted by Gasteiger charge is 2.27. The Morgan fingerprint density at radius 1 is 1.40 bits per heavy atom. The fourth-order valence-electron chi connectivity index (χ4n) is 1.90. The summed E-state index contributed by atoms with van der Waals surface area (Å²) in [6, 6.07) is 1.84. The minimum atomic E-state index is -0.853. The molecule has 1 rings (SSSR count). The molecule has 1 atom stereocenters. The minimum absolute atomic E-state index is 0.133. The summed E-state index contributed by atoms with van der Waals surface area (Å²) in [5, 5.41) is 11.6. The molecule has 0 aromatic heterocycles. The maximum absolute atomic E-state index is 13.7. The molecule has 2 N–H and O–H groups in total. The van der Waals surface area contributed by atoms with Crippen molar-refractivity contribution in [3.8, 4) is 0 Å². The summed E-state index contributed by atoms with van der Waals surface area (Å²) in [5.41, 5.74) is -1.09. The van der Waals surface area contributed by atoms with Crippen LogP contribution < -0.4 is 5.32 Å². The van der Waals surface area contributed by atoms with E-state index in [2.05, 4.69) is 5.32 Å². The number of benzene rings is 1. The summed E-state index contributed by atoms with van der Waals surface area (Å²) in [7, 11) is 1.45. The van der Waals surface area contributed by atoms with Gasteiger partial charge in [-0.1, -0.05) is 0 Å². The summed E-state index contributed by atoms with van der Waals surface area (Å²) < 4.78 is 32.1. The average Bonchev–Trinajstić information content (AvgIpc) is 2.33. The van der Waals surface area contributed by atoms with E-state index in [1.807, 2.05) is 0 Å². The van der Waals surface area contributed by atoms with E-state index in [1.54, 1.807) is 6.92 Å². The molecule has 4 nitrogen and oxygen atoms in total. The van der Waals surface area contributed by atoms with Gasteiger partial charge in [-0.05, 0) is 38.0 Å². The molecule has 0 fully saturated rings. The van der Waals surface area contributed by atoms with Crippen molar-refractivity contribution in [1.82, 2.24) is 5.32 Å². The Morgan fingerprint density at radius 2 is 2.05 bits per heavy atom. The van der Waals surface area contributed by atoms with Crippen molar-refractivity contribution in [2.75, 3.05) is 20.3 Å². The zero-order valence-electron chi connectivity index (χ0n) is 11.8. The van der Waals surface area contributed by atoms with Crippen molar-refractivity contribution < 1.29 is 23.4 Å². The van der Waals surface area contributed by atoms with Gasteiger partial charge >= 0.3 is 0 Å². The molecule has 1 aromatic carbocycles. The van der Waals surface area contributed by atoms with E-state index in [9.17, 15) is 13.6 Å². The van der Waals surface area contributed by atoms with Gasteiger partial charge in [-0.15, -0.1) is 0 Å². The predicted molar refractivity (Wildman–Crippen MR) is 70.5 cm³/mol. The maximum Gasteiger partial charge on any atom is 0.254 e. The molecule has 1 unspecified atom stereocenters. The van der Waals surface area contributed by atoms with Crippen LogP contribution in [0.5, 0.6) is 0 Å². The topological polar surface area (TPSA) is 58.6 Å². The first-order chi connectivity index (χ1) is 9.33. The fourth-order valence-corrected chi connectivity index (χ4v) is 1.90. The third kappa shape index (κ3) is 3.98. The Hall–Kier alpha value is -1.53. The van der Waals surface area contributed by atoms with E-state index in [0.29, 0.717) is 0 Å². The quantitative estimate of drug-likeness (QED) is 0.838. The smallest absolute Gasteiger partial charge is 0.254 e. The van der Waals surface area contributed by atoms with E-state index >= 15 is 0 Å². The van der Waals surface area contributed by atoms with Gasteiger partial charge in [-0.3, -0.25) is 4.79 Å². The molecule has 112 valence electrons. The summed E-state index contributed by atoms with van der Waals surface area (Å²) in [5.74, 6) is -2.17. The molecule has 0 aliphatic rings. The SMILES string of the molecule is COCC(C)(CCO)NC(=O)c1cc(F)c(C)cc1F. The van der Waals surface area contributed by atoms with Crippen LogP contribution in [0.4, 0.5) is 8.78 Å². The number of carbonyl (C=O) groups excluding carboxylic acids is 1. The molecular formula is C14H19F2NO3. The molecular weight excluding hydrogens is 268 g/mol. The lowest BCUT2D eigenvalue weighted by atomic mass is 9.98. The highest BCUT2D eigenvalue weighted by molar-refractivity contribution is 5.95. The molecule has 20 heavy (non-hydrogen) atoms. The van der Waals surface area contributed by atoms with Crippen LogP contribution in [0.25, 0.3) is 0 Å². The summed E-state index contributed by atoms with van der Waals surface area (Å²) in [6.07, 6.45) is 0.239. The normalized spacial score (nSPS) is 13.9. The van der Waals surface area contributed by atoms with Crippen LogP contribution in [-0.4, -0.2) is 36.9 Å². The maximum atomic E-state index is 13.7. The van der Waals surface area contributed by atoms with Crippen molar-refractivity contribution in [3.05, 3.63) is 34.9 Å². The molecule has 0 aliphatic heterocycles. The Bertz CT molecular complexity index is 486. The van der Waals surface area contributed by atoms with Crippen molar-refractivity contribution in [1.29, 1.82) is 0 Å². The second-order valence-corrected chi connectivity index (χ2v) is 5.00. The Kier molecular flexibility index (Phi) is 5.59. The number of aliphatic hydroxyl groups excluding tert-OH is 1. The van der Waals surface area contributed by atoms with E-state index in [0.717, 1.165) is 12.1 Å².